The zero-order valence-electron chi connectivity index (χ0n) is 10.7. The molecule has 6 nitrogen and oxygen atoms in total. The lowest BCUT2D eigenvalue weighted by molar-refractivity contribution is -0.164. The Bertz CT molecular complexity index is 496. The number of methoxy groups -OCH3 is 1. The van der Waals surface area contributed by atoms with E-state index in [9.17, 15) is 9.59 Å². The van der Waals surface area contributed by atoms with Gasteiger partial charge in [0.05, 0.1) is 7.11 Å². The summed E-state index contributed by atoms with van der Waals surface area (Å²) in [5, 5.41) is 0. The van der Waals surface area contributed by atoms with Gasteiger partial charge in [-0.3, -0.25) is 4.79 Å². The lowest BCUT2D eigenvalue weighted by Gasteiger charge is -2.14. The number of carbonyl (C=O) groups is 2. The molecule has 1 atom stereocenters. The van der Waals surface area contributed by atoms with Crippen LogP contribution < -0.4 is 9.47 Å². The maximum atomic E-state index is 11.5. The number of ether oxygens (including phenoxy) is 4. The number of benzene rings is 1. The minimum Gasteiger partial charge on any atom is -0.466 e. The van der Waals surface area contributed by atoms with E-state index in [2.05, 4.69) is 4.74 Å². The van der Waals surface area contributed by atoms with Gasteiger partial charge in [0.25, 0.3) is 0 Å². The number of hydrogen-bond donors (Lipinski definition) is 0. The minimum absolute atomic E-state index is 0.184. The number of carbonyl (C=O) groups excluding carboxylic acids is 2. The van der Waals surface area contributed by atoms with Crippen LogP contribution in [0.3, 0.4) is 0 Å². The van der Waals surface area contributed by atoms with E-state index in [1.165, 1.54) is 14.0 Å². The van der Waals surface area contributed by atoms with Crippen molar-refractivity contribution in [3.8, 4) is 11.5 Å². The molecule has 1 aliphatic heterocycles. The smallest absolute Gasteiger partial charge is 0.347 e. The largest absolute Gasteiger partial charge is 0.466 e. The van der Waals surface area contributed by atoms with Crippen molar-refractivity contribution < 1.29 is 28.5 Å². The zero-order valence-corrected chi connectivity index (χ0v) is 10.7. The third-order valence-electron chi connectivity index (χ3n) is 2.63. The summed E-state index contributed by atoms with van der Waals surface area (Å²) in [6, 6.07) is 5.29. The zero-order chi connectivity index (χ0) is 13.8. The van der Waals surface area contributed by atoms with Crippen LogP contribution >= 0.6 is 0 Å². The van der Waals surface area contributed by atoms with E-state index in [-0.39, 0.29) is 13.2 Å². The van der Waals surface area contributed by atoms with Crippen LogP contribution in [0.4, 0.5) is 0 Å². The molecule has 0 aliphatic carbocycles. The van der Waals surface area contributed by atoms with Crippen LogP contribution in [0.15, 0.2) is 18.2 Å². The SMILES string of the molecule is COC(=O)C(Cc1ccc2c(c1)OCO2)OC(C)=O. The van der Waals surface area contributed by atoms with Gasteiger partial charge in [0.2, 0.25) is 12.9 Å². The Balaban J connectivity index is 2.12. The molecule has 0 N–H and O–H groups in total. The van der Waals surface area contributed by atoms with Gasteiger partial charge in [-0.25, -0.2) is 4.79 Å². The highest BCUT2D eigenvalue weighted by Gasteiger charge is 2.24. The molecule has 1 aromatic rings. The Morgan fingerprint density at radius 1 is 1.32 bits per heavy atom. The molecular formula is C13H14O6. The summed E-state index contributed by atoms with van der Waals surface area (Å²) in [5.74, 6) is 0.152. The van der Waals surface area contributed by atoms with Crippen molar-refractivity contribution in [1.82, 2.24) is 0 Å². The quantitative estimate of drug-likeness (QED) is 0.759. The van der Waals surface area contributed by atoms with E-state index >= 15 is 0 Å². The van der Waals surface area contributed by atoms with Crippen molar-refractivity contribution in [3.63, 3.8) is 0 Å². The first kappa shape index (κ1) is 13.2. The molecule has 1 unspecified atom stereocenters. The fraction of sp³-hybridized carbons (Fsp3) is 0.385. The van der Waals surface area contributed by atoms with E-state index in [0.29, 0.717) is 11.5 Å². The van der Waals surface area contributed by atoms with Gasteiger partial charge in [-0.1, -0.05) is 6.07 Å². The second-order valence-corrected chi connectivity index (χ2v) is 4.01. The molecule has 0 amide bonds. The van der Waals surface area contributed by atoms with Crippen molar-refractivity contribution in [1.29, 1.82) is 0 Å². The van der Waals surface area contributed by atoms with Crippen molar-refractivity contribution in [2.24, 2.45) is 0 Å². The Morgan fingerprint density at radius 2 is 2.05 bits per heavy atom. The van der Waals surface area contributed by atoms with E-state index in [1.54, 1.807) is 18.2 Å². The summed E-state index contributed by atoms with van der Waals surface area (Å²) in [4.78, 5) is 22.5. The summed E-state index contributed by atoms with van der Waals surface area (Å²) in [6.07, 6.45) is -0.731. The van der Waals surface area contributed by atoms with Crippen LogP contribution in [-0.4, -0.2) is 31.9 Å². The molecular weight excluding hydrogens is 252 g/mol. The normalized spacial score (nSPS) is 13.8. The summed E-state index contributed by atoms with van der Waals surface area (Å²) in [7, 11) is 1.25. The fourth-order valence-electron chi connectivity index (χ4n) is 1.79. The third kappa shape index (κ3) is 3.15. The number of fused-ring (bicyclic) bond motifs is 1. The van der Waals surface area contributed by atoms with Crippen molar-refractivity contribution in [2.45, 2.75) is 19.4 Å². The second-order valence-electron chi connectivity index (χ2n) is 4.01. The highest BCUT2D eigenvalue weighted by Crippen LogP contribution is 2.32. The lowest BCUT2D eigenvalue weighted by Crippen LogP contribution is -2.29. The Morgan fingerprint density at radius 3 is 2.74 bits per heavy atom. The highest BCUT2D eigenvalue weighted by molar-refractivity contribution is 5.78. The lowest BCUT2D eigenvalue weighted by atomic mass is 10.1. The van der Waals surface area contributed by atoms with E-state index < -0.39 is 18.0 Å². The van der Waals surface area contributed by atoms with Crippen molar-refractivity contribution in [2.75, 3.05) is 13.9 Å². The Labute approximate surface area is 110 Å². The fourth-order valence-corrected chi connectivity index (χ4v) is 1.79. The Kier molecular flexibility index (Phi) is 3.89. The van der Waals surface area contributed by atoms with Gasteiger partial charge in [-0.05, 0) is 17.7 Å². The molecule has 102 valence electrons. The number of rotatable bonds is 4. The van der Waals surface area contributed by atoms with Crippen LogP contribution in [0.25, 0.3) is 0 Å². The molecule has 1 aromatic carbocycles. The van der Waals surface area contributed by atoms with Gasteiger partial charge in [-0.2, -0.15) is 0 Å². The standard InChI is InChI=1S/C13H14O6/c1-8(14)19-12(13(15)16-2)6-9-3-4-10-11(5-9)18-7-17-10/h3-5,12H,6-7H2,1-2H3. The molecule has 6 heteroatoms. The molecule has 2 rings (SSSR count). The molecule has 1 heterocycles. The van der Waals surface area contributed by atoms with Gasteiger partial charge in [0, 0.05) is 13.3 Å². The van der Waals surface area contributed by atoms with Gasteiger partial charge < -0.3 is 18.9 Å². The monoisotopic (exact) mass is 266 g/mol. The first-order valence-electron chi connectivity index (χ1n) is 5.73. The maximum absolute atomic E-state index is 11.5. The van der Waals surface area contributed by atoms with E-state index in [4.69, 9.17) is 14.2 Å². The van der Waals surface area contributed by atoms with Gasteiger partial charge in [-0.15, -0.1) is 0 Å². The minimum atomic E-state index is -0.956. The van der Waals surface area contributed by atoms with Gasteiger partial charge >= 0.3 is 11.9 Å². The summed E-state index contributed by atoms with van der Waals surface area (Å²) in [6.45, 7) is 1.43. The number of hydrogen-bond acceptors (Lipinski definition) is 6. The molecule has 0 fully saturated rings. The summed E-state index contributed by atoms with van der Waals surface area (Å²) in [5.41, 5.74) is 0.793. The molecule has 0 saturated heterocycles. The second kappa shape index (κ2) is 5.60. The maximum Gasteiger partial charge on any atom is 0.347 e. The topological polar surface area (TPSA) is 71.1 Å². The van der Waals surface area contributed by atoms with Crippen LogP contribution in [0.5, 0.6) is 11.5 Å². The summed E-state index contributed by atoms with van der Waals surface area (Å²) < 4.78 is 20.0. The molecule has 0 bridgehead atoms. The van der Waals surface area contributed by atoms with Gasteiger partial charge in [0.15, 0.2) is 11.5 Å². The molecule has 19 heavy (non-hydrogen) atoms. The highest BCUT2D eigenvalue weighted by atomic mass is 16.7. The van der Waals surface area contributed by atoms with Crippen LogP contribution in [-0.2, 0) is 25.5 Å². The molecule has 0 radical (unpaired) electrons. The third-order valence-corrected chi connectivity index (χ3v) is 2.63. The molecule has 0 spiro atoms. The molecule has 0 saturated carbocycles. The van der Waals surface area contributed by atoms with Crippen LogP contribution in [0.1, 0.15) is 12.5 Å². The molecule has 0 aromatic heterocycles. The van der Waals surface area contributed by atoms with E-state index in [1.807, 2.05) is 0 Å². The van der Waals surface area contributed by atoms with Crippen LogP contribution in [0.2, 0.25) is 0 Å². The molecule has 1 aliphatic rings. The predicted octanol–water partition coefficient (Wildman–Crippen LogP) is 1.06. The first-order valence-corrected chi connectivity index (χ1v) is 5.73. The summed E-state index contributed by atoms with van der Waals surface area (Å²) >= 11 is 0. The van der Waals surface area contributed by atoms with Crippen molar-refractivity contribution >= 4 is 11.9 Å². The first-order chi connectivity index (χ1) is 9.10. The average molecular weight is 266 g/mol. The average Bonchev–Trinajstić information content (AvgIpc) is 2.84. The Hall–Kier alpha value is -2.24. The number of esters is 2. The van der Waals surface area contributed by atoms with Gasteiger partial charge in [0.1, 0.15) is 0 Å². The van der Waals surface area contributed by atoms with E-state index in [0.717, 1.165) is 5.56 Å². The van der Waals surface area contributed by atoms with Crippen LogP contribution in [0, 0.1) is 0 Å². The predicted molar refractivity (Wildman–Crippen MR) is 63.8 cm³/mol. The van der Waals surface area contributed by atoms with Crippen molar-refractivity contribution in [3.05, 3.63) is 23.8 Å².